The van der Waals surface area contributed by atoms with Crippen LogP contribution in [0.25, 0.3) is 22.8 Å². The summed E-state index contributed by atoms with van der Waals surface area (Å²) in [6.45, 7) is 0. The third-order valence-electron chi connectivity index (χ3n) is 5.72. The standard InChI is InChI=1S/2C17H13BrFNO/c2*18-15(12-21)17(14-9-5-2-6-10-14)20-16(11-19)13-7-3-1-4-8-13/h2*1-12,20H/b2*16-11-,17-15-. The molecule has 0 saturated heterocycles. The van der Waals surface area contributed by atoms with E-state index in [0.717, 1.165) is 11.1 Å². The first kappa shape index (κ1) is 32.1. The lowest BCUT2D eigenvalue weighted by Gasteiger charge is -2.14. The van der Waals surface area contributed by atoms with Gasteiger partial charge < -0.3 is 10.6 Å². The average molecular weight is 692 g/mol. The van der Waals surface area contributed by atoms with Crippen LogP contribution in [0.4, 0.5) is 8.78 Å². The zero-order chi connectivity index (χ0) is 30.2. The van der Waals surface area contributed by atoms with Gasteiger partial charge in [-0.2, -0.15) is 0 Å². The minimum Gasteiger partial charge on any atom is -0.352 e. The summed E-state index contributed by atoms with van der Waals surface area (Å²) >= 11 is 6.42. The molecule has 4 nitrogen and oxygen atoms in total. The van der Waals surface area contributed by atoms with Crippen LogP contribution in [0.15, 0.2) is 143 Å². The maximum atomic E-state index is 13.2. The van der Waals surface area contributed by atoms with Crippen LogP contribution in [0.2, 0.25) is 0 Å². The lowest BCUT2D eigenvalue weighted by atomic mass is 10.1. The smallest absolute Gasteiger partial charge is 0.159 e. The quantitative estimate of drug-likeness (QED) is 0.129. The lowest BCUT2D eigenvalue weighted by molar-refractivity contribution is -0.105. The zero-order valence-electron chi connectivity index (χ0n) is 22.2. The summed E-state index contributed by atoms with van der Waals surface area (Å²) in [5, 5.41) is 5.95. The molecule has 4 aromatic carbocycles. The summed E-state index contributed by atoms with van der Waals surface area (Å²) in [7, 11) is 0. The van der Waals surface area contributed by atoms with Crippen molar-refractivity contribution in [2.75, 3.05) is 0 Å². The van der Waals surface area contributed by atoms with Gasteiger partial charge in [0.2, 0.25) is 0 Å². The van der Waals surface area contributed by atoms with Gasteiger partial charge in [0.25, 0.3) is 0 Å². The summed E-state index contributed by atoms with van der Waals surface area (Å²) in [6, 6.07) is 36.7. The average Bonchev–Trinajstić information content (AvgIpc) is 3.07. The van der Waals surface area contributed by atoms with E-state index < -0.39 is 0 Å². The van der Waals surface area contributed by atoms with Crippen LogP contribution in [0, 0.1) is 0 Å². The van der Waals surface area contributed by atoms with Crippen LogP contribution >= 0.6 is 31.9 Å². The van der Waals surface area contributed by atoms with Gasteiger partial charge in [-0.1, -0.05) is 121 Å². The fourth-order valence-electron chi connectivity index (χ4n) is 3.70. The van der Waals surface area contributed by atoms with Crippen molar-refractivity contribution in [1.29, 1.82) is 0 Å². The molecule has 42 heavy (non-hydrogen) atoms. The highest BCUT2D eigenvalue weighted by atomic mass is 79.9. The van der Waals surface area contributed by atoms with Gasteiger partial charge in [0.05, 0.1) is 31.8 Å². The molecule has 0 spiro atoms. The Morgan fingerprint density at radius 2 is 0.738 bits per heavy atom. The summed E-state index contributed by atoms with van der Waals surface area (Å²) in [5.74, 6) is 0. The number of allylic oxidation sites excluding steroid dienone is 2. The zero-order valence-corrected chi connectivity index (χ0v) is 25.4. The Kier molecular flexibility index (Phi) is 13.3. The van der Waals surface area contributed by atoms with E-state index in [4.69, 9.17) is 0 Å². The van der Waals surface area contributed by atoms with Crippen molar-refractivity contribution in [3.63, 3.8) is 0 Å². The van der Waals surface area contributed by atoms with E-state index in [-0.39, 0.29) is 11.4 Å². The van der Waals surface area contributed by atoms with Crippen molar-refractivity contribution >= 4 is 67.2 Å². The van der Waals surface area contributed by atoms with Gasteiger partial charge in [0.15, 0.2) is 12.6 Å². The molecule has 0 bridgehead atoms. The van der Waals surface area contributed by atoms with Gasteiger partial charge in [-0.05, 0) is 43.0 Å². The highest BCUT2D eigenvalue weighted by molar-refractivity contribution is 9.12. The maximum absolute atomic E-state index is 13.2. The van der Waals surface area contributed by atoms with Crippen molar-refractivity contribution in [1.82, 2.24) is 10.6 Å². The summed E-state index contributed by atoms with van der Waals surface area (Å²) in [5.41, 5.74) is 4.55. The summed E-state index contributed by atoms with van der Waals surface area (Å²) in [6.07, 6.45) is 2.33. The first-order chi connectivity index (χ1) is 20.5. The first-order valence-electron chi connectivity index (χ1n) is 12.6. The number of carbonyl (C=O) groups is 2. The number of hydrogen-bond acceptors (Lipinski definition) is 4. The predicted octanol–water partition coefficient (Wildman–Crippen LogP) is 9.01. The molecule has 0 radical (unpaired) electrons. The molecule has 0 unspecified atom stereocenters. The van der Waals surface area contributed by atoms with Gasteiger partial charge in [0.1, 0.15) is 12.7 Å². The second-order valence-corrected chi connectivity index (χ2v) is 10.1. The van der Waals surface area contributed by atoms with Crippen molar-refractivity contribution in [3.05, 3.63) is 165 Å². The van der Waals surface area contributed by atoms with Crippen LogP contribution in [0.1, 0.15) is 22.3 Å². The van der Waals surface area contributed by atoms with Gasteiger partial charge in [0, 0.05) is 11.1 Å². The topological polar surface area (TPSA) is 58.2 Å². The molecule has 0 aliphatic carbocycles. The Morgan fingerprint density at radius 3 is 0.976 bits per heavy atom. The van der Waals surface area contributed by atoms with Gasteiger partial charge >= 0.3 is 0 Å². The Balaban J connectivity index is 0.000000230. The molecule has 8 heteroatoms. The van der Waals surface area contributed by atoms with E-state index in [1.807, 2.05) is 97.1 Å². The van der Waals surface area contributed by atoms with E-state index in [1.165, 1.54) is 0 Å². The second kappa shape index (κ2) is 17.4. The monoisotopic (exact) mass is 690 g/mol. The van der Waals surface area contributed by atoms with Crippen LogP contribution in [0.3, 0.4) is 0 Å². The number of carbonyl (C=O) groups excluding carboxylic acids is 2. The molecule has 2 N–H and O–H groups in total. The van der Waals surface area contributed by atoms with Gasteiger partial charge in [-0.15, -0.1) is 0 Å². The third-order valence-corrected chi connectivity index (χ3v) is 6.88. The molecule has 0 atom stereocenters. The van der Waals surface area contributed by atoms with E-state index in [0.29, 0.717) is 56.7 Å². The number of rotatable bonds is 10. The Bertz CT molecular complexity index is 1450. The van der Waals surface area contributed by atoms with E-state index in [1.54, 1.807) is 24.3 Å². The van der Waals surface area contributed by atoms with Crippen molar-refractivity contribution in [2.45, 2.75) is 0 Å². The third kappa shape index (κ3) is 9.33. The maximum Gasteiger partial charge on any atom is 0.159 e. The van der Waals surface area contributed by atoms with Crippen molar-refractivity contribution < 1.29 is 18.4 Å². The number of benzene rings is 4. The largest absolute Gasteiger partial charge is 0.352 e. The minimum atomic E-state index is 0.285. The fourth-order valence-corrected chi connectivity index (χ4v) is 4.35. The van der Waals surface area contributed by atoms with Crippen LogP contribution in [-0.2, 0) is 9.59 Å². The molecular weight excluding hydrogens is 666 g/mol. The summed E-state index contributed by atoms with van der Waals surface area (Å²) < 4.78 is 27.1. The first-order valence-corrected chi connectivity index (χ1v) is 14.2. The molecule has 212 valence electrons. The molecule has 0 aliphatic heterocycles. The predicted molar refractivity (Wildman–Crippen MR) is 174 cm³/mol. The normalized spacial score (nSPS) is 12.6. The van der Waals surface area contributed by atoms with E-state index >= 15 is 0 Å². The second-order valence-electron chi connectivity index (χ2n) is 8.44. The molecule has 0 heterocycles. The molecule has 4 aromatic rings. The Hall–Kier alpha value is -4.40. The molecule has 0 aromatic heterocycles. The lowest BCUT2D eigenvalue weighted by Crippen LogP contribution is -2.12. The molecule has 4 rings (SSSR count). The Labute approximate surface area is 260 Å². The van der Waals surface area contributed by atoms with Crippen molar-refractivity contribution in [2.24, 2.45) is 0 Å². The Morgan fingerprint density at radius 1 is 0.476 bits per heavy atom. The summed E-state index contributed by atoms with van der Waals surface area (Å²) in [4.78, 5) is 22.1. The van der Waals surface area contributed by atoms with E-state index in [2.05, 4.69) is 42.5 Å². The van der Waals surface area contributed by atoms with Crippen LogP contribution < -0.4 is 10.6 Å². The molecular formula is C34H26Br2F2N2O2. The highest BCUT2D eigenvalue weighted by Crippen LogP contribution is 2.24. The van der Waals surface area contributed by atoms with Crippen LogP contribution in [0.5, 0.6) is 0 Å². The van der Waals surface area contributed by atoms with Gasteiger partial charge in [-0.25, -0.2) is 8.78 Å². The molecule has 0 amide bonds. The minimum absolute atomic E-state index is 0.285. The number of hydrogen-bond donors (Lipinski definition) is 2. The molecule has 0 aliphatic rings. The van der Waals surface area contributed by atoms with Crippen molar-refractivity contribution in [3.8, 4) is 0 Å². The number of nitrogens with one attached hydrogen (secondary N) is 2. The highest BCUT2D eigenvalue weighted by Gasteiger charge is 2.11. The molecule has 0 saturated carbocycles. The number of aldehydes is 2. The number of halogens is 4. The van der Waals surface area contributed by atoms with Crippen LogP contribution in [-0.4, -0.2) is 12.6 Å². The van der Waals surface area contributed by atoms with E-state index in [9.17, 15) is 18.4 Å². The van der Waals surface area contributed by atoms with Gasteiger partial charge in [-0.3, -0.25) is 9.59 Å². The SMILES string of the molecule is O=C/C(Br)=C(/N/C(=C\F)c1ccccc1)c1ccccc1.O=C/C(Br)=C(/N/C(=C\F)c1ccccc1)c1ccccc1. The molecule has 0 fully saturated rings. The fraction of sp³-hybridized carbons (Fsp3) is 0.